The Morgan fingerprint density at radius 1 is 1.35 bits per heavy atom. The van der Waals surface area contributed by atoms with Crippen molar-refractivity contribution >= 4 is 5.97 Å². The molecule has 0 aliphatic rings. The summed E-state index contributed by atoms with van der Waals surface area (Å²) in [7, 11) is 2.53. The van der Waals surface area contributed by atoms with Gasteiger partial charge < -0.3 is 29.9 Å². The maximum Gasteiger partial charge on any atom is 0.336 e. The van der Waals surface area contributed by atoms with Gasteiger partial charge in [0, 0.05) is 12.2 Å². The molecule has 0 aromatic heterocycles. The minimum Gasteiger partial charge on any atom is -0.502 e. The number of aliphatic hydroxyl groups excluding tert-OH is 2. The van der Waals surface area contributed by atoms with E-state index in [2.05, 4.69) is 0 Å². The molecule has 112 valence electrons. The van der Waals surface area contributed by atoms with Crippen LogP contribution < -0.4 is 9.47 Å². The summed E-state index contributed by atoms with van der Waals surface area (Å²) in [5.74, 6) is -1.86. The van der Waals surface area contributed by atoms with E-state index in [0.29, 0.717) is 0 Å². The number of hydrogen-bond donors (Lipinski definition) is 4. The maximum absolute atomic E-state index is 11.3. The smallest absolute Gasteiger partial charge is 0.336 e. The quantitative estimate of drug-likeness (QED) is 0.588. The number of phenolic OH excluding ortho intramolecular Hbond substituents is 1. The summed E-state index contributed by atoms with van der Waals surface area (Å²) < 4.78 is 9.87. The summed E-state index contributed by atoms with van der Waals surface area (Å²) in [6.45, 7) is -0.135. The fourth-order valence-corrected chi connectivity index (χ4v) is 1.94. The first-order valence-electron chi connectivity index (χ1n) is 5.97. The fourth-order valence-electron chi connectivity index (χ4n) is 1.94. The van der Waals surface area contributed by atoms with Crippen LogP contribution in [-0.4, -0.2) is 47.2 Å². The number of phenols is 1. The molecule has 1 unspecified atom stereocenters. The van der Waals surface area contributed by atoms with Crippen LogP contribution in [0.4, 0.5) is 0 Å². The van der Waals surface area contributed by atoms with Crippen molar-refractivity contribution in [2.75, 3.05) is 20.8 Å². The van der Waals surface area contributed by atoms with Crippen LogP contribution in [0, 0.1) is 0 Å². The molecular formula is C13H18O7. The molecule has 7 nitrogen and oxygen atoms in total. The van der Waals surface area contributed by atoms with Crippen molar-refractivity contribution in [3.05, 3.63) is 17.2 Å². The normalized spacial score (nSPS) is 12.0. The lowest BCUT2D eigenvalue weighted by molar-refractivity contribution is 0.0685. The highest BCUT2D eigenvalue weighted by Gasteiger charge is 2.27. The van der Waals surface area contributed by atoms with Crippen LogP contribution in [0.3, 0.4) is 0 Å². The van der Waals surface area contributed by atoms with E-state index in [-0.39, 0.29) is 47.8 Å². The van der Waals surface area contributed by atoms with E-state index in [1.165, 1.54) is 14.2 Å². The maximum atomic E-state index is 11.3. The molecule has 0 aliphatic heterocycles. The Hall–Kier alpha value is -1.99. The standard InChI is InChI=1S/C13H18O7/c1-19-9-6-7(13(17)18)10(8(15)4-3-5-14)12(20-2)11(9)16/h6,8,14-16H,3-5H2,1-2H3,(H,17,18). The van der Waals surface area contributed by atoms with Gasteiger partial charge in [0.1, 0.15) is 0 Å². The molecule has 20 heavy (non-hydrogen) atoms. The number of benzene rings is 1. The second-order valence-corrected chi connectivity index (χ2v) is 4.11. The van der Waals surface area contributed by atoms with Gasteiger partial charge in [0.2, 0.25) is 5.75 Å². The van der Waals surface area contributed by atoms with Crippen molar-refractivity contribution in [3.63, 3.8) is 0 Å². The highest BCUT2D eigenvalue weighted by Crippen LogP contribution is 2.44. The highest BCUT2D eigenvalue weighted by molar-refractivity contribution is 5.92. The molecule has 1 atom stereocenters. The number of ether oxygens (including phenoxy) is 2. The molecular weight excluding hydrogens is 268 g/mol. The van der Waals surface area contributed by atoms with E-state index >= 15 is 0 Å². The average Bonchev–Trinajstić information content (AvgIpc) is 2.43. The van der Waals surface area contributed by atoms with Gasteiger partial charge in [0.25, 0.3) is 0 Å². The molecule has 1 aromatic carbocycles. The van der Waals surface area contributed by atoms with Gasteiger partial charge in [-0.25, -0.2) is 4.79 Å². The topological polar surface area (TPSA) is 116 Å². The third kappa shape index (κ3) is 3.12. The molecule has 0 saturated carbocycles. The van der Waals surface area contributed by atoms with E-state index in [1.807, 2.05) is 0 Å². The van der Waals surface area contributed by atoms with E-state index in [0.717, 1.165) is 6.07 Å². The third-order valence-electron chi connectivity index (χ3n) is 2.88. The van der Waals surface area contributed by atoms with Crippen LogP contribution in [-0.2, 0) is 0 Å². The van der Waals surface area contributed by atoms with Crippen molar-refractivity contribution in [2.45, 2.75) is 18.9 Å². The van der Waals surface area contributed by atoms with Crippen LogP contribution >= 0.6 is 0 Å². The van der Waals surface area contributed by atoms with Crippen molar-refractivity contribution in [2.24, 2.45) is 0 Å². The summed E-state index contributed by atoms with van der Waals surface area (Å²) in [5, 5.41) is 38.0. The minimum atomic E-state index is -1.28. The molecule has 0 aliphatic carbocycles. The number of carboxylic acids is 1. The lowest BCUT2D eigenvalue weighted by atomic mass is 9.96. The van der Waals surface area contributed by atoms with Gasteiger partial charge in [0.15, 0.2) is 11.5 Å². The molecule has 0 radical (unpaired) electrons. The molecule has 4 N–H and O–H groups in total. The number of carbonyl (C=O) groups is 1. The summed E-state index contributed by atoms with van der Waals surface area (Å²) in [5.41, 5.74) is -0.256. The van der Waals surface area contributed by atoms with Crippen LogP contribution in [0.5, 0.6) is 17.2 Å². The largest absolute Gasteiger partial charge is 0.502 e. The Morgan fingerprint density at radius 2 is 2.00 bits per heavy atom. The zero-order valence-corrected chi connectivity index (χ0v) is 11.3. The molecule has 7 heteroatoms. The average molecular weight is 286 g/mol. The molecule has 1 aromatic rings. The lowest BCUT2D eigenvalue weighted by Gasteiger charge is -2.19. The van der Waals surface area contributed by atoms with Crippen molar-refractivity contribution in [3.8, 4) is 17.2 Å². The number of rotatable bonds is 7. The Balaban J connectivity index is 3.44. The third-order valence-corrected chi connectivity index (χ3v) is 2.88. The lowest BCUT2D eigenvalue weighted by Crippen LogP contribution is -2.11. The number of aromatic carboxylic acids is 1. The molecule has 0 saturated heterocycles. The molecule has 0 bridgehead atoms. The van der Waals surface area contributed by atoms with Gasteiger partial charge in [-0.3, -0.25) is 0 Å². The fraction of sp³-hybridized carbons (Fsp3) is 0.462. The molecule has 0 heterocycles. The second-order valence-electron chi connectivity index (χ2n) is 4.11. The number of hydrogen-bond acceptors (Lipinski definition) is 6. The van der Waals surface area contributed by atoms with Crippen LogP contribution in [0.1, 0.15) is 34.9 Å². The van der Waals surface area contributed by atoms with Gasteiger partial charge in [-0.1, -0.05) is 0 Å². The van der Waals surface area contributed by atoms with Gasteiger partial charge in [-0.05, 0) is 18.9 Å². The van der Waals surface area contributed by atoms with Crippen LogP contribution in [0.2, 0.25) is 0 Å². The summed E-state index contributed by atoms with van der Waals surface area (Å²) in [4.78, 5) is 11.3. The predicted octanol–water partition coefficient (Wildman–Crippen LogP) is 0.913. The van der Waals surface area contributed by atoms with Gasteiger partial charge in [-0.15, -0.1) is 0 Å². The van der Waals surface area contributed by atoms with Crippen molar-refractivity contribution in [1.82, 2.24) is 0 Å². The number of methoxy groups -OCH3 is 2. The van der Waals surface area contributed by atoms with Crippen LogP contribution in [0.15, 0.2) is 6.07 Å². The van der Waals surface area contributed by atoms with Crippen molar-refractivity contribution in [1.29, 1.82) is 0 Å². The minimum absolute atomic E-state index is 0.0354. The molecule has 0 amide bonds. The van der Waals surface area contributed by atoms with E-state index in [4.69, 9.17) is 14.6 Å². The molecule has 0 fully saturated rings. The monoisotopic (exact) mass is 286 g/mol. The summed E-state index contributed by atoms with van der Waals surface area (Å²) in [6, 6.07) is 1.12. The first kappa shape index (κ1) is 16.1. The van der Waals surface area contributed by atoms with E-state index in [1.54, 1.807) is 0 Å². The Labute approximate surface area is 116 Å². The number of carboxylic acid groups (broad SMARTS) is 1. The molecule has 0 spiro atoms. The summed E-state index contributed by atoms with van der Waals surface area (Å²) in [6.07, 6.45) is -0.755. The van der Waals surface area contributed by atoms with E-state index < -0.39 is 12.1 Å². The molecule has 1 rings (SSSR count). The Kier molecular flexibility index (Phi) is 5.60. The number of aliphatic hydroxyl groups is 2. The van der Waals surface area contributed by atoms with Gasteiger partial charge in [0.05, 0.1) is 25.9 Å². The zero-order valence-electron chi connectivity index (χ0n) is 11.3. The first-order valence-corrected chi connectivity index (χ1v) is 5.97. The summed E-state index contributed by atoms with van der Waals surface area (Å²) >= 11 is 0. The van der Waals surface area contributed by atoms with Gasteiger partial charge >= 0.3 is 5.97 Å². The first-order chi connectivity index (χ1) is 9.47. The SMILES string of the molecule is COc1cc(C(=O)O)c(C(O)CCCO)c(OC)c1O. The van der Waals surface area contributed by atoms with E-state index in [9.17, 15) is 20.1 Å². The highest BCUT2D eigenvalue weighted by atomic mass is 16.5. The second kappa shape index (κ2) is 6.97. The Morgan fingerprint density at radius 3 is 2.45 bits per heavy atom. The predicted molar refractivity (Wildman–Crippen MR) is 69.4 cm³/mol. The Bertz CT molecular complexity index is 484. The van der Waals surface area contributed by atoms with Crippen molar-refractivity contribution < 1.29 is 34.7 Å². The van der Waals surface area contributed by atoms with Gasteiger partial charge in [-0.2, -0.15) is 0 Å². The number of aromatic hydroxyl groups is 1. The van der Waals surface area contributed by atoms with Crippen LogP contribution in [0.25, 0.3) is 0 Å². The zero-order chi connectivity index (χ0) is 15.3.